The quantitative estimate of drug-likeness (QED) is 0.869. The van der Waals surface area contributed by atoms with Gasteiger partial charge < -0.3 is 9.63 Å². The highest BCUT2D eigenvalue weighted by atomic mass is 32.1. The van der Waals surface area contributed by atoms with Crippen molar-refractivity contribution in [1.82, 2.24) is 10.1 Å². The summed E-state index contributed by atoms with van der Waals surface area (Å²) in [5.74, 6) is 0.874. The van der Waals surface area contributed by atoms with E-state index in [1.807, 2.05) is 0 Å². The van der Waals surface area contributed by atoms with Gasteiger partial charge in [-0.25, -0.2) is 0 Å². The first-order valence-corrected chi connectivity index (χ1v) is 6.19. The molecule has 0 spiro atoms. The Kier molecular flexibility index (Phi) is 2.29. The van der Waals surface area contributed by atoms with Crippen molar-refractivity contribution in [3.8, 4) is 10.8 Å². The lowest BCUT2D eigenvalue weighted by atomic mass is 10.2. The largest absolute Gasteiger partial charge is 0.385 e. The monoisotopic (exact) mass is 236 g/mol. The molecule has 1 aliphatic rings. The van der Waals surface area contributed by atoms with Gasteiger partial charge in [-0.3, -0.25) is 0 Å². The van der Waals surface area contributed by atoms with Crippen LogP contribution in [0.5, 0.6) is 0 Å². The second-order valence-corrected chi connectivity index (χ2v) is 5.18. The molecule has 1 N–H and O–H groups in total. The van der Waals surface area contributed by atoms with Gasteiger partial charge in [0.15, 0.2) is 5.82 Å². The molecule has 2 heterocycles. The van der Waals surface area contributed by atoms with Crippen LogP contribution in [0.4, 0.5) is 0 Å². The number of hydrogen-bond donors (Lipinski definition) is 1. The summed E-state index contributed by atoms with van der Waals surface area (Å²) in [5, 5.41) is 13.1. The first-order chi connectivity index (χ1) is 7.74. The van der Waals surface area contributed by atoms with Gasteiger partial charge in [-0.2, -0.15) is 4.98 Å². The zero-order valence-electron chi connectivity index (χ0n) is 8.93. The van der Waals surface area contributed by atoms with Crippen LogP contribution in [0.2, 0.25) is 0 Å². The van der Waals surface area contributed by atoms with E-state index < -0.39 is 6.10 Å². The fourth-order valence-electron chi connectivity index (χ4n) is 1.94. The molecule has 5 heteroatoms. The van der Waals surface area contributed by atoms with Crippen molar-refractivity contribution in [1.29, 1.82) is 0 Å². The molecule has 84 valence electrons. The highest BCUT2D eigenvalue weighted by Gasteiger charge is 2.19. The van der Waals surface area contributed by atoms with Gasteiger partial charge in [0.05, 0.1) is 4.88 Å². The Morgan fingerprint density at radius 2 is 2.38 bits per heavy atom. The fourth-order valence-corrected chi connectivity index (χ4v) is 3.11. The van der Waals surface area contributed by atoms with Crippen LogP contribution in [0.25, 0.3) is 10.8 Å². The van der Waals surface area contributed by atoms with Gasteiger partial charge in [0.1, 0.15) is 6.10 Å². The van der Waals surface area contributed by atoms with Gasteiger partial charge in [-0.1, -0.05) is 5.16 Å². The summed E-state index contributed by atoms with van der Waals surface area (Å²) in [6.45, 7) is 1.63. The van der Waals surface area contributed by atoms with E-state index in [4.69, 9.17) is 4.52 Å². The Hall–Kier alpha value is -1.20. The molecule has 16 heavy (non-hydrogen) atoms. The summed E-state index contributed by atoms with van der Waals surface area (Å²) >= 11 is 1.72. The Bertz CT molecular complexity index is 494. The Morgan fingerprint density at radius 1 is 1.50 bits per heavy atom. The van der Waals surface area contributed by atoms with E-state index >= 15 is 0 Å². The molecule has 0 bridgehead atoms. The number of rotatable bonds is 2. The molecule has 0 aromatic carbocycles. The van der Waals surface area contributed by atoms with E-state index in [0.717, 1.165) is 17.7 Å². The van der Waals surface area contributed by atoms with Crippen molar-refractivity contribution < 1.29 is 9.63 Å². The third kappa shape index (κ3) is 1.56. The van der Waals surface area contributed by atoms with Gasteiger partial charge in [-0.15, -0.1) is 11.3 Å². The summed E-state index contributed by atoms with van der Waals surface area (Å²) in [4.78, 5) is 6.63. The van der Waals surface area contributed by atoms with Crippen molar-refractivity contribution in [2.24, 2.45) is 0 Å². The van der Waals surface area contributed by atoms with Crippen LogP contribution in [0.15, 0.2) is 10.6 Å². The molecule has 2 aromatic rings. The topological polar surface area (TPSA) is 59.2 Å². The molecule has 1 aliphatic carbocycles. The number of nitrogens with zero attached hydrogens (tertiary/aromatic N) is 2. The third-order valence-electron chi connectivity index (χ3n) is 2.77. The van der Waals surface area contributed by atoms with Crippen molar-refractivity contribution in [3.63, 3.8) is 0 Å². The lowest BCUT2D eigenvalue weighted by molar-refractivity contribution is 0.184. The smallest absolute Gasteiger partial charge is 0.268 e. The number of aliphatic hydroxyl groups is 1. The molecule has 0 saturated carbocycles. The third-order valence-corrected chi connectivity index (χ3v) is 4.00. The van der Waals surface area contributed by atoms with Gasteiger partial charge in [0.2, 0.25) is 0 Å². The minimum absolute atomic E-state index is 0.351. The molecule has 0 fully saturated rings. The fraction of sp³-hybridized carbons (Fsp3) is 0.455. The van der Waals surface area contributed by atoms with Crippen molar-refractivity contribution in [2.45, 2.75) is 32.3 Å². The standard InChI is InChI=1S/C11H12N2O2S/c1-6(14)10-12-11(15-13-10)9-5-7-3-2-4-8(7)16-9/h5-6,14H,2-4H2,1H3. The van der Waals surface area contributed by atoms with Crippen LogP contribution in [0.3, 0.4) is 0 Å². The minimum atomic E-state index is -0.677. The summed E-state index contributed by atoms with van der Waals surface area (Å²) < 4.78 is 5.14. The molecular weight excluding hydrogens is 224 g/mol. The maximum Gasteiger partial charge on any atom is 0.268 e. The van der Waals surface area contributed by atoms with Gasteiger partial charge in [0, 0.05) is 4.88 Å². The predicted molar refractivity (Wildman–Crippen MR) is 60.3 cm³/mol. The lowest BCUT2D eigenvalue weighted by Gasteiger charge is -1.91. The molecule has 0 amide bonds. The first kappa shape index (κ1) is 9.99. The summed E-state index contributed by atoms with van der Waals surface area (Å²) in [5.41, 5.74) is 1.41. The van der Waals surface area contributed by atoms with E-state index in [9.17, 15) is 5.11 Å². The molecule has 1 unspecified atom stereocenters. The number of aryl methyl sites for hydroxylation is 2. The average molecular weight is 236 g/mol. The highest BCUT2D eigenvalue weighted by molar-refractivity contribution is 7.15. The van der Waals surface area contributed by atoms with Crippen LogP contribution in [-0.4, -0.2) is 15.2 Å². The molecule has 4 nitrogen and oxygen atoms in total. The van der Waals surface area contributed by atoms with Crippen LogP contribution in [0, 0.1) is 0 Å². The molecule has 0 radical (unpaired) electrons. The molecule has 1 atom stereocenters. The maximum absolute atomic E-state index is 9.32. The van der Waals surface area contributed by atoms with Crippen LogP contribution in [0.1, 0.15) is 35.7 Å². The lowest BCUT2D eigenvalue weighted by Crippen LogP contribution is -1.92. The molecule has 2 aromatic heterocycles. The number of aromatic nitrogens is 2. The second kappa shape index (κ2) is 3.68. The normalized spacial score (nSPS) is 16.4. The maximum atomic E-state index is 9.32. The van der Waals surface area contributed by atoms with Crippen LogP contribution < -0.4 is 0 Å². The van der Waals surface area contributed by atoms with E-state index in [-0.39, 0.29) is 0 Å². The molecular formula is C11H12N2O2S. The SMILES string of the molecule is CC(O)c1noc(-c2cc3c(s2)CCC3)n1. The van der Waals surface area contributed by atoms with Crippen molar-refractivity contribution in [2.75, 3.05) is 0 Å². The minimum Gasteiger partial charge on any atom is -0.385 e. The van der Waals surface area contributed by atoms with Gasteiger partial charge in [0.25, 0.3) is 5.89 Å². The Labute approximate surface area is 96.9 Å². The zero-order chi connectivity index (χ0) is 11.1. The van der Waals surface area contributed by atoms with Crippen LogP contribution in [-0.2, 0) is 12.8 Å². The van der Waals surface area contributed by atoms with E-state index in [1.54, 1.807) is 18.3 Å². The summed E-state index contributed by atoms with van der Waals surface area (Å²) in [6.07, 6.45) is 2.90. The number of fused-ring (bicyclic) bond motifs is 1. The zero-order valence-corrected chi connectivity index (χ0v) is 9.75. The van der Waals surface area contributed by atoms with Crippen LogP contribution >= 0.6 is 11.3 Å². The van der Waals surface area contributed by atoms with E-state index in [1.165, 1.54) is 16.9 Å². The van der Waals surface area contributed by atoms with E-state index in [2.05, 4.69) is 16.2 Å². The number of hydrogen-bond acceptors (Lipinski definition) is 5. The van der Waals surface area contributed by atoms with Gasteiger partial charge >= 0.3 is 0 Å². The van der Waals surface area contributed by atoms with Crippen molar-refractivity contribution in [3.05, 3.63) is 22.3 Å². The van der Waals surface area contributed by atoms with Gasteiger partial charge in [-0.05, 0) is 37.8 Å². The van der Waals surface area contributed by atoms with Crippen molar-refractivity contribution >= 4 is 11.3 Å². The predicted octanol–water partition coefficient (Wildman–Crippen LogP) is 2.34. The number of aliphatic hydroxyl groups excluding tert-OH is 1. The summed E-state index contributed by atoms with van der Waals surface area (Å²) in [6, 6.07) is 2.13. The summed E-state index contributed by atoms with van der Waals surface area (Å²) in [7, 11) is 0. The molecule has 0 aliphatic heterocycles. The average Bonchev–Trinajstić information content (AvgIpc) is 2.91. The first-order valence-electron chi connectivity index (χ1n) is 5.37. The highest BCUT2D eigenvalue weighted by Crippen LogP contribution is 2.35. The number of thiophene rings is 1. The Balaban J connectivity index is 1.95. The molecule has 0 saturated heterocycles. The van der Waals surface area contributed by atoms with E-state index in [0.29, 0.717) is 11.7 Å². The second-order valence-electron chi connectivity index (χ2n) is 4.05. The molecule has 3 rings (SSSR count). The Morgan fingerprint density at radius 3 is 3.06 bits per heavy atom.